The quantitative estimate of drug-likeness (QED) is 0.554. The Morgan fingerprint density at radius 3 is 2.68 bits per heavy atom. The first-order chi connectivity index (χ1) is 10.5. The van der Waals surface area contributed by atoms with E-state index < -0.39 is 4.92 Å². The normalized spacial score (nSPS) is 21.0. The number of carbonyl (C=O) groups is 1. The molecule has 1 fully saturated rings. The predicted molar refractivity (Wildman–Crippen MR) is 81.4 cm³/mol. The number of amides is 2. The van der Waals surface area contributed by atoms with Gasteiger partial charge in [-0.25, -0.2) is 4.79 Å². The molecule has 0 aromatic heterocycles. The molecule has 1 aromatic carbocycles. The van der Waals surface area contributed by atoms with Gasteiger partial charge >= 0.3 is 6.03 Å². The number of non-ortho nitro benzene ring substituents is 1. The topological polar surface area (TPSA) is 97.9 Å². The van der Waals surface area contributed by atoms with Crippen LogP contribution in [-0.4, -0.2) is 44.2 Å². The highest BCUT2D eigenvalue weighted by molar-refractivity contribution is 5.91. The fraction of sp³-hybridized carbons (Fsp3) is 0.500. The summed E-state index contributed by atoms with van der Waals surface area (Å²) in [5.74, 6) is 0.261. The minimum atomic E-state index is -0.507. The van der Waals surface area contributed by atoms with Crippen LogP contribution in [-0.2, 0) is 0 Å². The molecule has 3 N–H and O–H groups in total. The van der Waals surface area contributed by atoms with Gasteiger partial charge in [0.05, 0.1) is 43.9 Å². The van der Waals surface area contributed by atoms with Crippen molar-refractivity contribution in [3.63, 3.8) is 0 Å². The average Bonchev–Trinajstić information content (AvgIpc) is 2.49. The molecule has 2 rings (SSSR count). The van der Waals surface area contributed by atoms with Crippen LogP contribution < -0.4 is 20.3 Å². The maximum absolute atomic E-state index is 12.0. The molecule has 0 aliphatic carbocycles. The molecular weight excluding hydrogens is 288 g/mol. The molecule has 120 valence electrons. The second-order valence-electron chi connectivity index (χ2n) is 5.47. The molecule has 2 amide bonds. The number of ether oxygens (including phenoxy) is 1. The van der Waals surface area contributed by atoms with Crippen LogP contribution in [0.2, 0.25) is 0 Å². The highest BCUT2D eigenvalue weighted by Gasteiger charge is 2.21. The maximum Gasteiger partial charge on any atom is 0.319 e. The molecule has 0 atom stereocenters. The third-order valence-electron chi connectivity index (χ3n) is 3.82. The number of nitrogens with one attached hydrogen (secondary N) is 3. The molecule has 8 heteroatoms. The summed E-state index contributed by atoms with van der Waals surface area (Å²) >= 11 is 0. The van der Waals surface area contributed by atoms with Crippen LogP contribution in [0.15, 0.2) is 18.2 Å². The first-order valence-corrected chi connectivity index (χ1v) is 7.21. The van der Waals surface area contributed by atoms with Crippen LogP contribution in [0.25, 0.3) is 0 Å². The maximum atomic E-state index is 12.0. The lowest BCUT2D eigenvalue weighted by Crippen LogP contribution is -3.10. The summed E-state index contributed by atoms with van der Waals surface area (Å²) in [6.07, 6.45) is 1.88. The minimum absolute atomic E-state index is 0.0823. The van der Waals surface area contributed by atoms with Gasteiger partial charge in [-0.2, -0.15) is 0 Å². The first-order valence-electron chi connectivity index (χ1n) is 7.21. The molecule has 0 radical (unpaired) electrons. The van der Waals surface area contributed by atoms with E-state index in [0.717, 1.165) is 25.9 Å². The van der Waals surface area contributed by atoms with Crippen LogP contribution in [0.4, 0.5) is 16.2 Å². The fourth-order valence-corrected chi connectivity index (χ4v) is 2.50. The Morgan fingerprint density at radius 1 is 1.41 bits per heavy atom. The Hall–Kier alpha value is -2.35. The van der Waals surface area contributed by atoms with Gasteiger partial charge in [0.15, 0.2) is 0 Å². The van der Waals surface area contributed by atoms with Crippen LogP contribution in [0.1, 0.15) is 12.8 Å². The number of quaternary nitrogens is 1. The van der Waals surface area contributed by atoms with Crippen molar-refractivity contribution in [1.82, 2.24) is 5.32 Å². The van der Waals surface area contributed by atoms with Crippen molar-refractivity contribution in [2.75, 3.05) is 32.6 Å². The zero-order chi connectivity index (χ0) is 16.1. The van der Waals surface area contributed by atoms with Gasteiger partial charge < -0.3 is 20.3 Å². The van der Waals surface area contributed by atoms with Crippen molar-refractivity contribution in [3.8, 4) is 5.75 Å². The number of nitro benzene ring substituents is 1. The van der Waals surface area contributed by atoms with Crippen LogP contribution in [0.3, 0.4) is 0 Å². The van der Waals surface area contributed by atoms with E-state index in [1.807, 2.05) is 0 Å². The van der Waals surface area contributed by atoms with E-state index >= 15 is 0 Å². The largest absolute Gasteiger partial charge is 0.494 e. The molecule has 1 heterocycles. The Labute approximate surface area is 128 Å². The monoisotopic (exact) mass is 309 g/mol. The Kier molecular flexibility index (Phi) is 5.16. The van der Waals surface area contributed by atoms with Gasteiger partial charge in [0.25, 0.3) is 5.69 Å². The Morgan fingerprint density at radius 2 is 2.09 bits per heavy atom. The van der Waals surface area contributed by atoms with Gasteiger partial charge in [0, 0.05) is 24.9 Å². The standard InChI is InChI=1S/C14H20N4O4/c1-17-7-5-10(6-8-17)15-14(19)16-12-4-3-11(18(20)21)9-13(12)22-2/h3-4,9-10H,5-8H2,1-2H3,(H2,15,16,19)/p+1. The van der Waals surface area contributed by atoms with E-state index in [2.05, 4.69) is 17.7 Å². The van der Waals surface area contributed by atoms with Crippen molar-refractivity contribution in [1.29, 1.82) is 0 Å². The number of benzene rings is 1. The summed E-state index contributed by atoms with van der Waals surface area (Å²) in [4.78, 5) is 23.7. The van der Waals surface area contributed by atoms with Crippen molar-refractivity contribution in [3.05, 3.63) is 28.3 Å². The minimum Gasteiger partial charge on any atom is -0.494 e. The van der Waals surface area contributed by atoms with E-state index in [0.29, 0.717) is 5.69 Å². The zero-order valence-corrected chi connectivity index (χ0v) is 12.7. The van der Waals surface area contributed by atoms with Crippen LogP contribution in [0.5, 0.6) is 5.75 Å². The molecule has 1 aliphatic rings. The van der Waals surface area contributed by atoms with Crippen LogP contribution in [0, 0.1) is 10.1 Å². The third-order valence-corrected chi connectivity index (χ3v) is 3.82. The fourth-order valence-electron chi connectivity index (χ4n) is 2.50. The molecule has 0 bridgehead atoms. The summed E-state index contributed by atoms with van der Waals surface area (Å²) in [6.45, 7) is 2.07. The van der Waals surface area contributed by atoms with Crippen molar-refractivity contribution in [2.45, 2.75) is 18.9 Å². The SMILES string of the molecule is COc1cc([N+](=O)[O-])ccc1NC(=O)NC1CC[NH+](C)CC1. The van der Waals surface area contributed by atoms with Crippen molar-refractivity contribution >= 4 is 17.4 Å². The summed E-state index contributed by atoms with van der Waals surface area (Å²) < 4.78 is 5.09. The summed E-state index contributed by atoms with van der Waals surface area (Å²) in [5, 5.41) is 16.3. The van der Waals surface area contributed by atoms with Crippen molar-refractivity contribution < 1.29 is 19.4 Å². The third kappa shape index (κ3) is 4.08. The number of hydrogen-bond donors (Lipinski definition) is 3. The smallest absolute Gasteiger partial charge is 0.319 e. The van der Waals surface area contributed by atoms with Gasteiger partial charge in [-0.1, -0.05) is 0 Å². The molecule has 1 aromatic rings. The lowest BCUT2D eigenvalue weighted by molar-refractivity contribution is -0.884. The Balaban J connectivity index is 1.97. The number of likely N-dealkylation sites (tertiary alicyclic amines) is 1. The van der Waals surface area contributed by atoms with Gasteiger partial charge in [0.2, 0.25) is 0 Å². The van der Waals surface area contributed by atoms with E-state index in [1.165, 1.54) is 30.2 Å². The van der Waals surface area contributed by atoms with E-state index in [9.17, 15) is 14.9 Å². The zero-order valence-electron chi connectivity index (χ0n) is 12.7. The highest BCUT2D eigenvalue weighted by Crippen LogP contribution is 2.28. The first kappa shape index (κ1) is 16.0. The predicted octanol–water partition coefficient (Wildman–Crippen LogP) is 0.402. The van der Waals surface area contributed by atoms with E-state index in [-0.39, 0.29) is 23.5 Å². The number of urea groups is 1. The lowest BCUT2D eigenvalue weighted by Gasteiger charge is -2.27. The molecule has 0 spiro atoms. The van der Waals surface area contributed by atoms with Gasteiger partial charge in [-0.05, 0) is 6.07 Å². The van der Waals surface area contributed by atoms with E-state index in [4.69, 9.17) is 4.74 Å². The number of carbonyl (C=O) groups excluding carboxylic acids is 1. The number of rotatable bonds is 4. The van der Waals surface area contributed by atoms with Gasteiger partial charge in [0.1, 0.15) is 5.75 Å². The van der Waals surface area contributed by atoms with Gasteiger partial charge in [-0.3, -0.25) is 10.1 Å². The summed E-state index contributed by atoms with van der Waals surface area (Å²) in [5.41, 5.74) is 0.324. The molecule has 8 nitrogen and oxygen atoms in total. The molecule has 1 saturated heterocycles. The molecular formula is C14H21N4O4+. The molecule has 1 aliphatic heterocycles. The number of nitro groups is 1. The summed E-state index contributed by atoms with van der Waals surface area (Å²) in [6, 6.07) is 3.92. The number of nitrogens with zero attached hydrogens (tertiary/aromatic N) is 1. The second kappa shape index (κ2) is 7.08. The highest BCUT2D eigenvalue weighted by atomic mass is 16.6. The van der Waals surface area contributed by atoms with E-state index in [1.54, 1.807) is 0 Å². The molecule has 0 saturated carbocycles. The van der Waals surface area contributed by atoms with Gasteiger partial charge in [-0.15, -0.1) is 0 Å². The second-order valence-corrected chi connectivity index (χ2v) is 5.47. The van der Waals surface area contributed by atoms with Crippen LogP contribution >= 0.6 is 0 Å². The molecule has 22 heavy (non-hydrogen) atoms. The molecule has 0 unspecified atom stereocenters. The Bertz CT molecular complexity index is 556. The lowest BCUT2D eigenvalue weighted by atomic mass is 10.1. The number of piperidine rings is 1. The van der Waals surface area contributed by atoms with Crippen molar-refractivity contribution in [2.24, 2.45) is 0 Å². The number of anilines is 1. The average molecular weight is 309 g/mol. The summed E-state index contributed by atoms with van der Waals surface area (Å²) in [7, 11) is 3.54. The number of hydrogen-bond acceptors (Lipinski definition) is 4. The number of methoxy groups -OCH3 is 1.